The number of pyridine rings is 1. The second kappa shape index (κ2) is 9.44. The Morgan fingerprint density at radius 1 is 1.30 bits per heavy atom. The van der Waals surface area contributed by atoms with Crippen LogP contribution < -0.4 is 21.1 Å². The number of anilines is 1. The maximum atomic E-state index is 14.2. The Labute approximate surface area is 193 Å². The first kappa shape index (κ1) is 22.5. The predicted octanol–water partition coefficient (Wildman–Crippen LogP) is 4.18. The molecule has 8 heteroatoms. The number of nitrogens with one attached hydrogen (secondary N) is 4. The Morgan fingerprint density at radius 3 is 2.79 bits per heavy atom. The molecule has 1 atom stereocenters. The molecule has 2 bridgehead atoms. The minimum Gasteiger partial charge on any atom is -0.482 e. The Balaban J connectivity index is 1.91. The summed E-state index contributed by atoms with van der Waals surface area (Å²) in [6.07, 6.45) is 6.87. The van der Waals surface area contributed by atoms with Crippen molar-refractivity contribution in [1.82, 2.24) is 15.6 Å². The van der Waals surface area contributed by atoms with Crippen LogP contribution in [0.2, 0.25) is 0 Å². The number of fused-ring (bicyclic) bond motifs is 3. The number of benzene rings is 1. The van der Waals surface area contributed by atoms with E-state index in [1.54, 1.807) is 32.4 Å². The van der Waals surface area contributed by atoms with Crippen LogP contribution in [0.1, 0.15) is 49.0 Å². The number of hydrogen-bond donors (Lipinski definition) is 5. The van der Waals surface area contributed by atoms with E-state index in [1.165, 1.54) is 31.2 Å². The van der Waals surface area contributed by atoms with Gasteiger partial charge in [0.15, 0.2) is 11.6 Å². The van der Waals surface area contributed by atoms with Crippen LogP contribution in [0.3, 0.4) is 0 Å². The van der Waals surface area contributed by atoms with Crippen LogP contribution in [0.25, 0.3) is 5.70 Å². The third-order valence-corrected chi connectivity index (χ3v) is 5.98. The number of ether oxygens (including phenoxy) is 1. The van der Waals surface area contributed by atoms with E-state index in [-0.39, 0.29) is 11.5 Å². The molecule has 1 saturated carbocycles. The van der Waals surface area contributed by atoms with Crippen molar-refractivity contribution in [3.63, 3.8) is 0 Å². The molecule has 1 aromatic heterocycles. The van der Waals surface area contributed by atoms with Crippen molar-refractivity contribution in [2.75, 3.05) is 19.3 Å². The number of nitrogen functional groups attached to an aromatic ring is 1. The van der Waals surface area contributed by atoms with E-state index in [9.17, 15) is 4.39 Å². The number of allylic oxidation sites excluding steroid dienone is 2. The quantitative estimate of drug-likeness (QED) is 0.440. The zero-order valence-electron chi connectivity index (χ0n) is 18.8. The molecule has 0 spiro atoms. The highest BCUT2D eigenvalue weighted by Crippen LogP contribution is 2.34. The molecule has 6 N–H and O–H groups in total. The molecule has 2 aromatic rings. The SMILES string of the molecule is CN/C=C1/C/C(C=N)=C(/NCC2CC2)c2cnc(N)c(c2)O[C@H](C)c2cc(F)ccc2C1=N. The van der Waals surface area contributed by atoms with Crippen LogP contribution in [-0.2, 0) is 0 Å². The maximum absolute atomic E-state index is 14.2. The third-order valence-electron chi connectivity index (χ3n) is 5.98. The van der Waals surface area contributed by atoms with Crippen molar-refractivity contribution >= 4 is 23.4 Å². The summed E-state index contributed by atoms with van der Waals surface area (Å²) in [7, 11) is 1.77. The predicted molar refractivity (Wildman–Crippen MR) is 129 cm³/mol. The van der Waals surface area contributed by atoms with Crippen molar-refractivity contribution in [3.05, 3.63) is 70.3 Å². The molecule has 1 aromatic carbocycles. The summed E-state index contributed by atoms with van der Waals surface area (Å²) < 4.78 is 20.3. The Morgan fingerprint density at radius 2 is 2.09 bits per heavy atom. The van der Waals surface area contributed by atoms with E-state index in [1.807, 2.05) is 6.07 Å². The summed E-state index contributed by atoms with van der Waals surface area (Å²) in [5.74, 6) is 0.818. The molecule has 0 unspecified atom stereocenters. The highest BCUT2D eigenvalue weighted by atomic mass is 19.1. The van der Waals surface area contributed by atoms with E-state index >= 15 is 0 Å². The number of halogens is 1. The summed E-state index contributed by atoms with van der Waals surface area (Å²) in [6, 6.07) is 6.14. The van der Waals surface area contributed by atoms with Gasteiger partial charge in [-0.25, -0.2) is 9.37 Å². The Hall–Kier alpha value is -3.68. The van der Waals surface area contributed by atoms with Crippen LogP contribution in [0.4, 0.5) is 10.2 Å². The first-order chi connectivity index (χ1) is 15.9. The average molecular weight is 449 g/mol. The lowest BCUT2D eigenvalue weighted by Crippen LogP contribution is -2.21. The van der Waals surface area contributed by atoms with Gasteiger partial charge in [0.2, 0.25) is 0 Å². The van der Waals surface area contributed by atoms with E-state index in [0.29, 0.717) is 40.4 Å². The lowest BCUT2D eigenvalue weighted by Gasteiger charge is -2.23. The van der Waals surface area contributed by atoms with E-state index < -0.39 is 11.9 Å². The molecule has 2 aliphatic rings. The normalized spacial score (nSPS) is 22.0. The fraction of sp³-hybridized carbons (Fsp3) is 0.320. The first-order valence-corrected chi connectivity index (χ1v) is 11.1. The van der Waals surface area contributed by atoms with Gasteiger partial charge in [0.05, 0.1) is 5.71 Å². The molecule has 4 rings (SSSR count). The average Bonchev–Trinajstić information content (AvgIpc) is 3.63. The summed E-state index contributed by atoms with van der Waals surface area (Å²) in [4.78, 5) is 4.33. The fourth-order valence-corrected chi connectivity index (χ4v) is 3.98. The van der Waals surface area contributed by atoms with E-state index in [4.69, 9.17) is 21.3 Å². The van der Waals surface area contributed by atoms with Crippen LogP contribution in [0, 0.1) is 22.6 Å². The topological polar surface area (TPSA) is 120 Å². The Bertz CT molecular complexity index is 1150. The number of rotatable bonds is 5. The lowest BCUT2D eigenvalue weighted by molar-refractivity contribution is 0.227. The summed E-state index contributed by atoms with van der Waals surface area (Å²) >= 11 is 0. The third kappa shape index (κ3) is 4.89. The van der Waals surface area contributed by atoms with Gasteiger partial charge in [-0.3, -0.25) is 5.41 Å². The number of nitrogens with zero attached hydrogens (tertiary/aromatic N) is 1. The standard InChI is InChI=1S/C25H29FN6O/c1-14-21-9-19(26)5-6-20(21)23(28)17(12-30-2)7-16(10-27)24(31-11-15-3-4-15)18-8-22(33-14)25(29)32-13-18/h5-6,8-10,12-15,27-28,30-31H,3-4,7,11H2,1-2H3,(H2,29,32)/b17-12-,24-16-,27-10?,28-23?/t14-/m1/s1. The van der Waals surface area contributed by atoms with Gasteiger partial charge in [-0.05, 0) is 61.1 Å². The maximum Gasteiger partial charge on any atom is 0.166 e. The van der Waals surface area contributed by atoms with E-state index in [2.05, 4.69) is 15.6 Å². The van der Waals surface area contributed by atoms with Crippen LogP contribution >= 0.6 is 0 Å². The summed E-state index contributed by atoms with van der Waals surface area (Å²) in [6.45, 7) is 2.60. The van der Waals surface area contributed by atoms with Crippen molar-refractivity contribution in [1.29, 1.82) is 10.8 Å². The number of aromatic nitrogens is 1. The zero-order valence-corrected chi connectivity index (χ0v) is 18.8. The van der Waals surface area contributed by atoms with Gasteiger partial charge in [0.25, 0.3) is 0 Å². The molecule has 2 heterocycles. The molecule has 0 radical (unpaired) electrons. The van der Waals surface area contributed by atoms with Crippen molar-refractivity contribution in [2.45, 2.75) is 32.3 Å². The van der Waals surface area contributed by atoms with Crippen LogP contribution in [0.5, 0.6) is 5.75 Å². The largest absolute Gasteiger partial charge is 0.482 e. The molecule has 1 fully saturated rings. The van der Waals surface area contributed by atoms with Gasteiger partial charge in [-0.2, -0.15) is 0 Å². The molecule has 1 aliphatic carbocycles. The van der Waals surface area contributed by atoms with Crippen molar-refractivity contribution in [2.24, 2.45) is 5.92 Å². The number of hydrogen-bond acceptors (Lipinski definition) is 7. The fourth-order valence-electron chi connectivity index (χ4n) is 3.98. The molecule has 0 saturated heterocycles. The molecule has 33 heavy (non-hydrogen) atoms. The van der Waals surface area contributed by atoms with Gasteiger partial charge < -0.3 is 26.5 Å². The molecular formula is C25H29FN6O. The lowest BCUT2D eigenvalue weighted by atomic mass is 9.90. The molecule has 7 nitrogen and oxygen atoms in total. The summed E-state index contributed by atoms with van der Waals surface area (Å²) in [5.41, 5.74) is 10.4. The minimum absolute atomic E-state index is 0.226. The second-order valence-electron chi connectivity index (χ2n) is 8.48. The smallest absolute Gasteiger partial charge is 0.166 e. The highest BCUT2D eigenvalue weighted by Gasteiger charge is 2.25. The van der Waals surface area contributed by atoms with Gasteiger partial charge >= 0.3 is 0 Å². The van der Waals surface area contributed by atoms with Crippen LogP contribution in [-0.4, -0.2) is 30.5 Å². The van der Waals surface area contributed by atoms with Gasteiger partial charge in [0.1, 0.15) is 11.9 Å². The molecule has 0 amide bonds. The molecule has 172 valence electrons. The van der Waals surface area contributed by atoms with E-state index in [0.717, 1.165) is 17.8 Å². The molecule has 1 aliphatic heterocycles. The van der Waals surface area contributed by atoms with Gasteiger partial charge in [0, 0.05) is 61.0 Å². The highest BCUT2D eigenvalue weighted by molar-refractivity contribution is 6.12. The van der Waals surface area contributed by atoms with Crippen LogP contribution in [0.15, 0.2) is 47.8 Å². The van der Waals surface area contributed by atoms with Crippen molar-refractivity contribution < 1.29 is 9.13 Å². The molecular weight excluding hydrogens is 419 g/mol. The minimum atomic E-state index is -0.570. The summed E-state index contributed by atoms with van der Waals surface area (Å²) in [5, 5.41) is 23.6. The van der Waals surface area contributed by atoms with Gasteiger partial charge in [-0.1, -0.05) is 0 Å². The first-order valence-electron chi connectivity index (χ1n) is 11.1. The monoisotopic (exact) mass is 448 g/mol. The number of nitrogens with two attached hydrogens (primary N) is 1. The Kier molecular flexibility index (Phi) is 6.44. The van der Waals surface area contributed by atoms with Crippen molar-refractivity contribution in [3.8, 4) is 5.75 Å². The second-order valence-corrected chi connectivity index (χ2v) is 8.48. The zero-order chi connectivity index (χ0) is 23.5. The van der Waals surface area contributed by atoms with Gasteiger partial charge in [-0.15, -0.1) is 0 Å².